The molecular formula is C21H17N3O3S. The number of hydrogen-bond acceptors (Lipinski definition) is 5. The molecule has 1 N–H and O–H groups in total. The van der Waals surface area contributed by atoms with Crippen LogP contribution in [-0.4, -0.2) is 34.2 Å². The number of fused-ring (bicyclic) bond motifs is 1. The summed E-state index contributed by atoms with van der Waals surface area (Å²) in [6, 6.07) is 18.8. The fourth-order valence-corrected chi connectivity index (χ4v) is 4.08. The fraction of sp³-hybridized carbons (Fsp3) is 0.0952. The minimum absolute atomic E-state index is 0.219. The second-order valence-corrected chi connectivity index (χ2v) is 7.19. The molecule has 4 rings (SSSR count). The van der Waals surface area contributed by atoms with Crippen molar-refractivity contribution >= 4 is 33.5 Å². The van der Waals surface area contributed by atoms with Gasteiger partial charge in [0.05, 0.1) is 11.1 Å². The highest BCUT2D eigenvalue weighted by atomic mass is 32.1. The minimum Gasteiger partial charge on any atom is -0.480 e. The number of carboxylic acid groups (broad SMARTS) is 1. The van der Waals surface area contributed by atoms with E-state index in [0.29, 0.717) is 21.9 Å². The first-order chi connectivity index (χ1) is 13.6. The third-order valence-electron chi connectivity index (χ3n) is 4.40. The Labute approximate surface area is 164 Å². The molecule has 0 saturated carbocycles. The van der Waals surface area contributed by atoms with E-state index in [1.54, 1.807) is 7.05 Å². The van der Waals surface area contributed by atoms with Gasteiger partial charge in [-0.15, -0.1) is 11.3 Å². The lowest BCUT2D eigenvalue weighted by atomic mass is 10.1. The zero-order chi connectivity index (χ0) is 19.7. The number of carbonyl (C=O) groups is 1. The standard InChI is InChI=1S/C21H17N3O3S/c1-23(12-17(25)26)21-22-19-18(16(13-28-19)14-8-4-2-5-9-14)20(27)24(21)15-10-6-3-7-11-15/h2-11,13H,12H2,1H3,(H,25,26). The summed E-state index contributed by atoms with van der Waals surface area (Å²) >= 11 is 1.38. The van der Waals surface area contributed by atoms with Crippen molar-refractivity contribution in [3.05, 3.63) is 76.4 Å². The van der Waals surface area contributed by atoms with Crippen LogP contribution in [-0.2, 0) is 4.79 Å². The molecule has 2 heterocycles. The molecule has 0 radical (unpaired) electrons. The molecule has 0 unspecified atom stereocenters. The van der Waals surface area contributed by atoms with Gasteiger partial charge in [-0.25, -0.2) is 9.55 Å². The third-order valence-corrected chi connectivity index (χ3v) is 5.28. The van der Waals surface area contributed by atoms with Crippen molar-refractivity contribution in [3.8, 4) is 16.8 Å². The van der Waals surface area contributed by atoms with Gasteiger partial charge in [0.15, 0.2) is 0 Å². The van der Waals surface area contributed by atoms with Crippen LogP contribution in [0.2, 0.25) is 0 Å². The maximum atomic E-state index is 13.6. The number of hydrogen-bond donors (Lipinski definition) is 1. The maximum Gasteiger partial charge on any atom is 0.323 e. The van der Waals surface area contributed by atoms with Crippen LogP contribution in [0.15, 0.2) is 70.8 Å². The largest absolute Gasteiger partial charge is 0.480 e. The summed E-state index contributed by atoms with van der Waals surface area (Å²) < 4.78 is 1.48. The van der Waals surface area contributed by atoms with Crippen molar-refractivity contribution in [2.45, 2.75) is 0 Å². The lowest BCUT2D eigenvalue weighted by Crippen LogP contribution is -2.33. The summed E-state index contributed by atoms with van der Waals surface area (Å²) in [6.45, 7) is -0.262. The Kier molecular flexibility index (Phi) is 4.67. The van der Waals surface area contributed by atoms with Gasteiger partial charge in [0.2, 0.25) is 5.95 Å². The zero-order valence-electron chi connectivity index (χ0n) is 15.1. The van der Waals surface area contributed by atoms with E-state index in [2.05, 4.69) is 4.98 Å². The number of thiophene rings is 1. The van der Waals surface area contributed by atoms with Gasteiger partial charge in [0.1, 0.15) is 11.4 Å². The fourth-order valence-electron chi connectivity index (χ4n) is 3.15. The highest BCUT2D eigenvalue weighted by Gasteiger charge is 2.21. The summed E-state index contributed by atoms with van der Waals surface area (Å²) in [6.07, 6.45) is 0. The number of aliphatic carboxylic acids is 1. The smallest absolute Gasteiger partial charge is 0.323 e. The molecule has 2 aromatic carbocycles. The Morgan fingerprint density at radius 3 is 2.39 bits per heavy atom. The molecule has 0 amide bonds. The SMILES string of the molecule is CN(CC(=O)O)c1nc2scc(-c3ccccc3)c2c(=O)n1-c1ccccc1. The summed E-state index contributed by atoms with van der Waals surface area (Å²) in [5.74, 6) is -0.694. The highest BCUT2D eigenvalue weighted by Crippen LogP contribution is 2.32. The van der Waals surface area contributed by atoms with E-state index < -0.39 is 5.97 Å². The van der Waals surface area contributed by atoms with Crippen LogP contribution in [0, 0.1) is 0 Å². The number of likely N-dealkylation sites (N-methyl/N-ethyl adjacent to an activating group) is 1. The number of rotatable bonds is 5. The van der Waals surface area contributed by atoms with Gasteiger partial charge >= 0.3 is 5.97 Å². The molecule has 4 aromatic rings. The molecule has 140 valence electrons. The molecule has 0 aliphatic heterocycles. The maximum absolute atomic E-state index is 13.6. The lowest BCUT2D eigenvalue weighted by molar-refractivity contribution is -0.135. The van der Waals surface area contributed by atoms with Gasteiger partial charge in [0.25, 0.3) is 5.56 Å². The second kappa shape index (κ2) is 7.28. The van der Waals surface area contributed by atoms with Gasteiger partial charge in [-0.1, -0.05) is 48.5 Å². The molecule has 0 saturated heterocycles. The zero-order valence-corrected chi connectivity index (χ0v) is 15.9. The van der Waals surface area contributed by atoms with E-state index in [4.69, 9.17) is 0 Å². The van der Waals surface area contributed by atoms with Crippen molar-refractivity contribution in [2.24, 2.45) is 0 Å². The first-order valence-corrected chi connectivity index (χ1v) is 9.52. The van der Waals surface area contributed by atoms with Crippen LogP contribution in [0.4, 0.5) is 5.95 Å². The first-order valence-electron chi connectivity index (χ1n) is 8.64. The van der Waals surface area contributed by atoms with E-state index in [1.807, 2.05) is 66.0 Å². The quantitative estimate of drug-likeness (QED) is 0.562. The van der Waals surface area contributed by atoms with E-state index in [1.165, 1.54) is 20.8 Å². The Bertz CT molecular complexity index is 1200. The number of benzene rings is 2. The molecule has 28 heavy (non-hydrogen) atoms. The van der Waals surface area contributed by atoms with Crippen LogP contribution in [0.5, 0.6) is 0 Å². The monoisotopic (exact) mass is 391 g/mol. The van der Waals surface area contributed by atoms with Crippen LogP contribution < -0.4 is 10.5 Å². The normalized spacial score (nSPS) is 10.9. The number of aromatic nitrogens is 2. The molecule has 0 fully saturated rings. The molecule has 0 spiro atoms. The average molecular weight is 391 g/mol. The van der Waals surface area contributed by atoms with Gasteiger partial charge in [0, 0.05) is 18.0 Å². The first kappa shape index (κ1) is 17.9. The van der Waals surface area contributed by atoms with Crippen LogP contribution in [0.3, 0.4) is 0 Å². The predicted molar refractivity (Wildman–Crippen MR) is 112 cm³/mol. The summed E-state index contributed by atoms with van der Waals surface area (Å²) in [7, 11) is 1.62. The number of para-hydroxylation sites is 1. The average Bonchev–Trinajstić information content (AvgIpc) is 3.13. The molecular weight excluding hydrogens is 374 g/mol. The summed E-state index contributed by atoms with van der Waals surface area (Å²) in [5, 5.41) is 11.6. The van der Waals surface area contributed by atoms with Gasteiger partial charge in [-0.05, 0) is 17.7 Å². The van der Waals surface area contributed by atoms with Gasteiger partial charge in [-0.3, -0.25) is 9.59 Å². The second-order valence-electron chi connectivity index (χ2n) is 6.33. The van der Waals surface area contributed by atoms with Crippen LogP contribution >= 0.6 is 11.3 Å². The summed E-state index contributed by atoms with van der Waals surface area (Å²) in [4.78, 5) is 31.5. The van der Waals surface area contributed by atoms with Crippen molar-refractivity contribution < 1.29 is 9.90 Å². The Morgan fingerprint density at radius 2 is 1.75 bits per heavy atom. The lowest BCUT2D eigenvalue weighted by Gasteiger charge is -2.20. The molecule has 6 nitrogen and oxygen atoms in total. The van der Waals surface area contributed by atoms with Crippen molar-refractivity contribution in [3.63, 3.8) is 0 Å². The van der Waals surface area contributed by atoms with E-state index in [9.17, 15) is 14.7 Å². The summed E-state index contributed by atoms with van der Waals surface area (Å²) in [5.41, 5.74) is 2.19. The van der Waals surface area contributed by atoms with Crippen molar-refractivity contribution in [1.29, 1.82) is 0 Å². The molecule has 0 atom stereocenters. The van der Waals surface area contributed by atoms with E-state index in [0.717, 1.165) is 11.1 Å². The number of nitrogens with zero attached hydrogens (tertiary/aromatic N) is 3. The molecule has 0 aliphatic rings. The third kappa shape index (κ3) is 3.16. The molecule has 2 aromatic heterocycles. The highest BCUT2D eigenvalue weighted by molar-refractivity contribution is 7.17. The van der Waals surface area contributed by atoms with E-state index >= 15 is 0 Å². The Balaban J connectivity index is 2.03. The predicted octanol–water partition coefficient (Wildman–Crippen LogP) is 3.64. The van der Waals surface area contributed by atoms with Crippen molar-refractivity contribution in [1.82, 2.24) is 9.55 Å². The van der Waals surface area contributed by atoms with Gasteiger partial charge in [-0.2, -0.15) is 0 Å². The topological polar surface area (TPSA) is 75.4 Å². The van der Waals surface area contributed by atoms with E-state index in [-0.39, 0.29) is 12.1 Å². The Morgan fingerprint density at radius 1 is 1.11 bits per heavy atom. The number of anilines is 1. The molecule has 7 heteroatoms. The van der Waals surface area contributed by atoms with Crippen molar-refractivity contribution in [2.75, 3.05) is 18.5 Å². The molecule has 0 aliphatic carbocycles. The number of carboxylic acids is 1. The van der Waals surface area contributed by atoms with Crippen LogP contribution in [0.1, 0.15) is 0 Å². The Hall–Kier alpha value is -3.45. The minimum atomic E-state index is -0.993. The molecule has 0 bridgehead atoms. The van der Waals surface area contributed by atoms with Crippen LogP contribution in [0.25, 0.3) is 27.0 Å². The van der Waals surface area contributed by atoms with Gasteiger partial charge < -0.3 is 10.0 Å².